The van der Waals surface area contributed by atoms with Gasteiger partial charge in [0.25, 0.3) is 0 Å². The molecule has 0 aliphatic heterocycles. The van der Waals surface area contributed by atoms with E-state index in [-0.39, 0.29) is 11.5 Å². The van der Waals surface area contributed by atoms with Crippen molar-refractivity contribution in [3.05, 3.63) is 12.2 Å². The molecule has 0 aromatic heterocycles. The van der Waals surface area contributed by atoms with Gasteiger partial charge in [-0.05, 0) is 24.2 Å². The van der Waals surface area contributed by atoms with Gasteiger partial charge in [-0.25, -0.2) is 0 Å². The van der Waals surface area contributed by atoms with Crippen LogP contribution in [0.5, 0.6) is 0 Å². The van der Waals surface area contributed by atoms with E-state index in [1.54, 1.807) is 0 Å². The molecule has 1 fully saturated rings. The minimum absolute atomic E-state index is 0.190. The Labute approximate surface area is 88.2 Å². The molecular weight excluding hydrogens is 172 g/mol. The maximum atomic E-state index is 9.95. The number of allylic oxidation sites excluding steroid dienone is 1. The molecule has 1 N–H and O–H groups in total. The van der Waals surface area contributed by atoms with E-state index in [1.165, 1.54) is 32.1 Å². The van der Waals surface area contributed by atoms with Gasteiger partial charge in [-0.3, -0.25) is 0 Å². The quantitative estimate of drug-likeness (QED) is 0.670. The van der Waals surface area contributed by atoms with E-state index in [9.17, 15) is 5.11 Å². The predicted molar refractivity (Wildman–Crippen MR) is 61.2 cm³/mol. The Morgan fingerprint density at radius 2 is 1.71 bits per heavy atom. The third-order valence-corrected chi connectivity index (χ3v) is 2.93. The van der Waals surface area contributed by atoms with Crippen molar-refractivity contribution in [1.29, 1.82) is 0 Å². The van der Waals surface area contributed by atoms with Gasteiger partial charge in [0, 0.05) is 0 Å². The zero-order valence-corrected chi connectivity index (χ0v) is 9.79. The fourth-order valence-corrected chi connectivity index (χ4v) is 2.02. The summed E-state index contributed by atoms with van der Waals surface area (Å²) in [7, 11) is 0. The Bertz CT molecular complexity index is 182. The lowest BCUT2D eigenvalue weighted by molar-refractivity contribution is 0.124. The minimum Gasteiger partial charge on any atom is -0.389 e. The SMILES string of the molecule is CC(C)(C)C=CC(O)C1CCCCC1. The average Bonchev–Trinajstić information content (AvgIpc) is 2.14. The molecule has 1 atom stereocenters. The first-order valence-electron chi connectivity index (χ1n) is 5.86. The smallest absolute Gasteiger partial charge is 0.0749 e. The van der Waals surface area contributed by atoms with Crippen molar-refractivity contribution in [2.45, 2.75) is 59.0 Å². The lowest BCUT2D eigenvalue weighted by Crippen LogP contribution is -2.21. The van der Waals surface area contributed by atoms with Crippen molar-refractivity contribution >= 4 is 0 Å². The van der Waals surface area contributed by atoms with Gasteiger partial charge in [0.05, 0.1) is 6.10 Å². The van der Waals surface area contributed by atoms with Crippen molar-refractivity contribution in [3.63, 3.8) is 0 Å². The van der Waals surface area contributed by atoms with Crippen LogP contribution in [0.15, 0.2) is 12.2 Å². The largest absolute Gasteiger partial charge is 0.389 e. The zero-order valence-electron chi connectivity index (χ0n) is 9.79. The van der Waals surface area contributed by atoms with Crippen molar-refractivity contribution < 1.29 is 5.11 Å². The highest BCUT2D eigenvalue weighted by Gasteiger charge is 2.19. The number of aliphatic hydroxyl groups excluding tert-OH is 1. The second-order valence-corrected chi connectivity index (χ2v) is 5.61. The maximum Gasteiger partial charge on any atom is 0.0749 e. The van der Waals surface area contributed by atoms with Crippen LogP contribution >= 0.6 is 0 Å². The van der Waals surface area contributed by atoms with Gasteiger partial charge in [-0.15, -0.1) is 0 Å². The van der Waals surface area contributed by atoms with E-state index < -0.39 is 0 Å². The molecule has 0 aromatic carbocycles. The van der Waals surface area contributed by atoms with Crippen LogP contribution in [-0.4, -0.2) is 11.2 Å². The van der Waals surface area contributed by atoms with E-state index in [2.05, 4.69) is 26.8 Å². The molecule has 1 saturated carbocycles. The van der Waals surface area contributed by atoms with E-state index in [0.29, 0.717) is 5.92 Å². The lowest BCUT2D eigenvalue weighted by atomic mass is 9.84. The summed E-state index contributed by atoms with van der Waals surface area (Å²) >= 11 is 0. The van der Waals surface area contributed by atoms with Crippen molar-refractivity contribution in [3.8, 4) is 0 Å². The second kappa shape index (κ2) is 4.97. The van der Waals surface area contributed by atoms with Crippen LogP contribution in [0.1, 0.15) is 52.9 Å². The van der Waals surface area contributed by atoms with Gasteiger partial charge in [-0.2, -0.15) is 0 Å². The molecule has 0 bridgehead atoms. The van der Waals surface area contributed by atoms with Crippen LogP contribution in [0, 0.1) is 11.3 Å². The molecule has 1 aliphatic carbocycles. The summed E-state index contributed by atoms with van der Waals surface area (Å²) in [5, 5.41) is 9.95. The molecule has 14 heavy (non-hydrogen) atoms. The molecule has 1 rings (SSSR count). The van der Waals surface area contributed by atoms with Gasteiger partial charge in [-0.1, -0.05) is 52.2 Å². The maximum absolute atomic E-state index is 9.95. The van der Waals surface area contributed by atoms with Gasteiger partial charge in [0.1, 0.15) is 0 Å². The molecule has 82 valence electrons. The molecule has 0 spiro atoms. The first-order valence-corrected chi connectivity index (χ1v) is 5.86. The molecule has 1 unspecified atom stereocenters. The predicted octanol–water partition coefficient (Wildman–Crippen LogP) is 3.53. The van der Waals surface area contributed by atoms with Crippen LogP contribution in [0.2, 0.25) is 0 Å². The van der Waals surface area contributed by atoms with Gasteiger partial charge in [0.15, 0.2) is 0 Å². The summed E-state index contributed by atoms with van der Waals surface area (Å²) in [6.45, 7) is 6.49. The molecule has 0 radical (unpaired) electrons. The number of hydrogen-bond acceptors (Lipinski definition) is 1. The summed E-state index contributed by atoms with van der Waals surface area (Å²) in [5.74, 6) is 0.516. The monoisotopic (exact) mass is 196 g/mol. The van der Waals surface area contributed by atoms with Gasteiger partial charge < -0.3 is 5.11 Å². The summed E-state index contributed by atoms with van der Waals surface area (Å²) < 4.78 is 0. The van der Waals surface area contributed by atoms with Gasteiger partial charge >= 0.3 is 0 Å². The summed E-state index contributed by atoms with van der Waals surface area (Å²) in [5.41, 5.74) is 0.190. The highest BCUT2D eigenvalue weighted by Crippen LogP contribution is 2.27. The second-order valence-electron chi connectivity index (χ2n) is 5.61. The number of hydrogen-bond donors (Lipinski definition) is 1. The van der Waals surface area contributed by atoms with Crippen molar-refractivity contribution in [1.82, 2.24) is 0 Å². The third kappa shape index (κ3) is 4.28. The Balaban J connectivity index is 2.40. The molecule has 1 heteroatoms. The highest BCUT2D eigenvalue weighted by molar-refractivity contribution is 4.98. The highest BCUT2D eigenvalue weighted by atomic mass is 16.3. The molecule has 0 saturated heterocycles. The normalized spacial score (nSPS) is 22.9. The molecule has 0 aromatic rings. The average molecular weight is 196 g/mol. The molecular formula is C13H24O. The molecule has 1 nitrogen and oxygen atoms in total. The van der Waals surface area contributed by atoms with Crippen LogP contribution in [0.25, 0.3) is 0 Å². The summed E-state index contributed by atoms with van der Waals surface area (Å²) in [6.07, 6.45) is 10.3. The van der Waals surface area contributed by atoms with Crippen LogP contribution < -0.4 is 0 Å². The first kappa shape index (κ1) is 11.8. The van der Waals surface area contributed by atoms with Crippen molar-refractivity contribution in [2.75, 3.05) is 0 Å². The van der Waals surface area contributed by atoms with Crippen LogP contribution in [-0.2, 0) is 0 Å². The van der Waals surface area contributed by atoms with Gasteiger partial charge in [0.2, 0.25) is 0 Å². The van der Waals surface area contributed by atoms with E-state index in [4.69, 9.17) is 0 Å². The zero-order chi connectivity index (χ0) is 10.6. The molecule has 0 amide bonds. The van der Waals surface area contributed by atoms with Crippen LogP contribution in [0.3, 0.4) is 0 Å². The summed E-state index contributed by atoms with van der Waals surface area (Å²) in [4.78, 5) is 0. The first-order chi connectivity index (χ1) is 6.49. The fourth-order valence-electron chi connectivity index (χ4n) is 2.02. The molecule has 1 aliphatic rings. The Hall–Kier alpha value is -0.300. The van der Waals surface area contributed by atoms with Crippen molar-refractivity contribution in [2.24, 2.45) is 11.3 Å². The Kier molecular flexibility index (Phi) is 4.18. The Morgan fingerprint density at radius 1 is 1.14 bits per heavy atom. The van der Waals surface area contributed by atoms with E-state index in [0.717, 1.165) is 0 Å². The lowest BCUT2D eigenvalue weighted by Gasteiger charge is -2.25. The number of rotatable bonds is 2. The van der Waals surface area contributed by atoms with E-state index >= 15 is 0 Å². The number of aliphatic hydroxyl groups is 1. The summed E-state index contributed by atoms with van der Waals surface area (Å²) in [6, 6.07) is 0. The standard InChI is InChI=1S/C13H24O/c1-13(2,3)10-9-12(14)11-7-5-4-6-8-11/h9-12,14H,4-8H2,1-3H3. The minimum atomic E-state index is -0.213. The fraction of sp³-hybridized carbons (Fsp3) is 0.846. The topological polar surface area (TPSA) is 20.2 Å². The molecule has 0 heterocycles. The van der Waals surface area contributed by atoms with Crippen LogP contribution in [0.4, 0.5) is 0 Å². The Morgan fingerprint density at radius 3 is 2.21 bits per heavy atom. The third-order valence-electron chi connectivity index (χ3n) is 2.93. The van der Waals surface area contributed by atoms with E-state index in [1.807, 2.05) is 6.08 Å².